The van der Waals surface area contributed by atoms with E-state index in [1.807, 2.05) is 12.1 Å². The molecule has 0 aliphatic rings. The van der Waals surface area contributed by atoms with Gasteiger partial charge in [-0.1, -0.05) is 24.6 Å². The fourth-order valence-corrected chi connectivity index (χ4v) is 2.11. The molecule has 1 aromatic rings. The lowest BCUT2D eigenvalue weighted by molar-refractivity contribution is 0.362. The van der Waals surface area contributed by atoms with E-state index in [4.69, 9.17) is 16.3 Å². The molecule has 0 saturated carbocycles. The lowest BCUT2D eigenvalue weighted by atomic mass is 10.0. The molecule has 0 fully saturated rings. The summed E-state index contributed by atoms with van der Waals surface area (Å²) in [5.74, 6) is 0.738. The van der Waals surface area contributed by atoms with Crippen LogP contribution in [0.15, 0.2) is 18.2 Å². The zero-order chi connectivity index (χ0) is 13.5. The quantitative estimate of drug-likeness (QED) is 0.824. The van der Waals surface area contributed by atoms with E-state index < -0.39 is 0 Å². The maximum absolute atomic E-state index is 6.05. The molecule has 18 heavy (non-hydrogen) atoms. The average molecular weight is 271 g/mol. The fourth-order valence-electron chi connectivity index (χ4n) is 1.91. The number of methoxy groups -OCH3 is 1. The summed E-state index contributed by atoms with van der Waals surface area (Å²) in [6.07, 6.45) is 1.06. The van der Waals surface area contributed by atoms with Gasteiger partial charge < -0.3 is 15.0 Å². The molecular formula is C14H23ClN2O. The van der Waals surface area contributed by atoms with Crippen LogP contribution >= 0.6 is 11.6 Å². The van der Waals surface area contributed by atoms with Gasteiger partial charge in [-0.2, -0.15) is 0 Å². The first-order valence-electron chi connectivity index (χ1n) is 6.30. The number of rotatable bonds is 7. The van der Waals surface area contributed by atoms with Gasteiger partial charge in [-0.05, 0) is 51.3 Å². The van der Waals surface area contributed by atoms with Gasteiger partial charge in [0.1, 0.15) is 5.75 Å². The van der Waals surface area contributed by atoms with Crippen LogP contribution in [0.5, 0.6) is 5.75 Å². The van der Waals surface area contributed by atoms with Crippen molar-refractivity contribution in [1.29, 1.82) is 0 Å². The summed E-state index contributed by atoms with van der Waals surface area (Å²) in [4.78, 5) is 2.19. The summed E-state index contributed by atoms with van der Waals surface area (Å²) < 4.78 is 5.27. The number of nitrogens with one attached hydrogen (secondary N) is 1. The van der Waals surface area contributed by atoms with Crippen molar-refractivity contribution < 1.29 is 4.74 Å². The van der Waals surface area contributed by atoms with E-state index in [1.165, 1.54) is 5.56 Å². The second-order valence-corrected chi connectivity index (χ2v) is 5.00. The monoisotopic (exact) mass is 270 g/mol. The Morgan fingerprint density at radius 3 is 2.67 bits per heavy atom. The summed E-state index contributed by atoms with van der Waals surface area (Å²) >= 11 is 6.05. The molecular weight excluding hydrogens is 248 g/mol. The zero-order valence-corrected chi connectivity index (χ0v) is 12.4. The van der Waals surface area contributed by atoms with E-state index in [2.05, 4.69) is 37.3 Å². The van der Waals surface area contributed by atoms with E-state index in [0.29, 0.717) is 11.1 Å². The van der Waals surface area contributed by atoms with Crippen LogP contribution in [-0.2, 0) is 0 Å². The van der Waals surface area contributed by atoms with Crippen molar-refractivity contribution in [2.45, 2.75) is 19.4 Å². The second kappa shape index (κ2) is 7.62. The fraction of sp³-hybridized carbons (Fsp3) is 0.571. The molecule has 0 aliphatic heterocycles. The number of benzene rings is 1. The first-order valence-corrected chi connectivity index (χ1v) is 6.67. The van der Waals surface area contributed by atoms with Gasteiger partial charge in [-0.15, -0.1) is 0 Å². The molecule has 1 N–H and O–H groups in total. The predicted molar refractivity (Wildman–Crippen MR) is 77.6 cm³/mol. The Morgan fingerprint density at radius 2 is 2.11 bits per heavy atom. The smallest absolute Gasteiger partial charge is 0.137 e. The standard InChI is InChI=1S/C14H23ClN2O/c1-5-16-13(8-9-17(2)3)11-6-7-12(15)14(10-11)18-4/h6-7,10,13,16H,5,8-9H2,1-4H3. The van der Waals surface area contributed by atoms with Crippen molar-refractivity contribution >= 4 is 11.6 Å². The van der Waals surface area contributed by atoms with Crippen molar-refractivity contribution in [3.63, 3.8) is 0 Å². The number of nitrogens with zero attached hydrogens (tertiary/aromatic N) is 1. The van der Waals surface area contributed by atoms with Crippen molar-refractivity contribution in [2.75, 3.05) is 34.3 Å². The molecule has 4 heteroatoms. The van der Waals surface area contributed by atoms with Crippen molar-refractivity contribution in [3.8, 4) is 5.75 Å². The maximum atomic E-state index is 6.05. The first-order chi connectivity index (χ1) is 8.58. The molecule has 0 saturated heterocycles. The second-order valence-electron chi connectivity index (χ2n) is 4.60. The summed E-state index contributed by atoms with van der Waals surface area (Å²) in [7, 11) is 5.82. The lowest BCUT2D eigenvalue weighted by Gasteiger charge is -2.21. The third kappa shape index (κ3) is 4.48. The van der Waals surface area contributed by atoms with Gasteiger partial charge in [0.2, 0.25) is 0 Å². The normalized spacial score (nSPS) is 12.8. The van der Waals surface area contributed by atoms with Crippen LogP contribution in [0.25, 0.3) is 0 Å². The Balaban J connectivity index is 2.83. The van der Waals surface area contributed by atoms with Crippen LogP contribution in [0.3, 0.4) is 0 Å². The van der Waals surface area contributed by atoms with Gasteiger partial charge in [0.15, 0.2) is 0 Å². The molecule has 0 aromatic heterocycles. The Labute approximate surface area is 115 Å². The minimum atomic E-state index is 0.337. The van der Waals surface area contributed by atoms with Crippen molar-refractivity contribution in [3.05, 3.63) is 28.8 Å². The highest BCUT2D eigenvalue weighted by atomic mass is 35.5. The highest BCUT2D eigenvalue weighted by Gasteiger charge is 2.12. The van der Waals surface area contributed by atoms with Crippen LogP contribution in [0.4, 0.5) is 0 Å². The van der Waals surface area contributed by atoms with Gasteiger partial charge in [-0.3, -0.25) is 0 Å². The molecule has 1 aromatic carbocycles. The van der Waals surface area contributed by atoms with Crippen LogP contribution in [0, 0.1) is 0 Å². The zero-order valence-electron chi connectivity index (χ0n) is 11.7. The summed E-state index contributed by atoms with van der Waals surface area (Å²) in [5, 5.41) is 4.16. The third-order valence-electron chi connectivity index (χ3n) is 2.89. The van der Waals surface area contributed by atoms with Crippen LogP contribution in [0.2, 0.25) is 5.02 Å². The predicted octanol–water partition coefficient (Wildman–Crippen LogP) is 2.95. The molecule has 0 aliphatic carbocycles. The molecule has 0 heterocycles. The molecule has 1 unspecified atom stereocenters. The molecule has 102 valence electrons. The Morgan fingerprint density at radius 1 is 1.39 bits per heavy atom. The first kappa shape index (κ1) is 15.3. The topological polar surface area (TPSA) is 24.5 Å². The van der Waals surface area contributed by atoms with Gasteiger partial charge in [0.05, 0.1) is 12.1 Å². The molecule has 1 rings (SSSR count). The highest BCUT2D eigenvalue weighted by Crippen LogP contribution is 2.28. The summed E-state index contributed by atoms with van der Waals surface area (Å²) in [5.41, 5.74) is 1.22. The van der Waals surface area contributed by atoms with E-state index in [-0.39, 0.29) is 0 Å². The average Bonchev–Trinajstić information content (AvgIpc) is 2.35. The van der Waals surface area contributed by atoms with E-state index in [0.717, 1.165) is 25.3 Å². The van der Waals surface area contributed by atoms with E-state index >= 15 is 0 Å². The van der Waals surface area contributed by atoms with Crippen LogP contribution in [0.1, 0.15) is 24.9 Å². The van der Waals surface area contributed by atoms with Crippen molar-refractivity contribution in [2.24, 2.45) is 0 Å². The highest BCUT2D eigenvalue weighted by molar-refractivity contribution is 6.32. The largest absolute Gasteiger partial charge is 0.495 e. The van der Waals surface area contributed by atoms with Crippen LogP contribution < -0.4 is 10.1 Å². The number of halogens is 1. The molecule has 3 nitrogen and oxygen atoms in total. The van der Waals surface area contributed by atoms with Gasteiger partial charge in [0.25, 0.3) is 0 Å². The SMILES string of the molecule is CCNC(CCN(C)C)c1ccc(Cl)c(OC)c1. The molecule has 0 amide bonds. The minimum Gasteiger partial charge on any atom is -0.495 e. The number of hydrogen-bond acceptors (Lipinski definition) is 3. The van der Waals surface area contributed by atoms with Gasteiger partial charge in [0, 0.05) is 6.04 Å². The van der Waals surface area contributed by atoms with E-state index in [9.17, 15) is 0 Å². The van der Waals surface area contributed by atoms with Gasteiger partial charge in [-0.25, -0.2) is 0 Å². The maximum Gasteiger partial charge on any atom is 0.137 e. The summed E-state index contributed by atoms with van der Waals surface area (Å²) in [6.45, 7) is 4.11. The third-order valence-corrected chi connectivity index (χ3v) is 3.21. The lowest BCUT2D eigenvalue weighted by Crippen LogP contribution is -2.25. The van der Waals surface area contributed by atoms with Crippen molar-refractivity contribution in [1.82, 2.24) is 10.2 Å². The van der Waals surface area contributed by atoms with Crippen LogP contribution in [-0.4, -0.2) is 39.2 Å². The summed E-state index contributed by atoms with van der Waals surface area (Å²) in [6, 6.07) is 6.32. The molecule has 1 atom stereocenters. The number of hydrogen-bond donors (Lipinski definition) is 1. The van der Waals surface area contributed by atoms with Gasteiger partial charge >= 0.3 is 0 Å². The minimum absolute atomic E-state index is 0.337. The Hall–Kier alpha value is -0.770. The van der Waals surface area contributed by atoms with E-state index in [1.54, 1.807) is 7.11 Å². The number of ether oxygens (including phenoxy) is 1. The molecule has 0 bridgehead atoms. The molecule has 0 spiro atoms. The Bertz CT molecular complexity index is 369. The Kier molecular flexibility index (Phi) is 6.47. The molecule has 0 radical (unpaired) electrons.